The molecule has 1 aromatic carbocycles. The number of aliphatic hydroxyl groups is 3. The Bertz CT molecular complexity index is 463. The van der Waals surface area contributed by atoms with Crippen LogP contribution in [0.2, 0.25) is 0 Å². The standard InChI is InChI=1S/C15H22O7/c1-8(9-3-5-10(17)6-4-9)21-15-13(19)14(20-2)12(18)11(7-16)22-15/h3-6,8,11-19H,7H2,1-2H3/t8?,11-,12-,13-,14+,15-/m1/s1. The van der Waals surface area contributed by atoms with Gasteiger partial charge in [0.05, 0.1) is 12.7 Å². The van der Waals surface area contributed by atoms with Crippen molar-refractivity contribution in [1.82, 2.24) is 0 Å². The summed E-state index contributed by atoms with van der Waals surface area (Å²) in [6.07, 6.45) is -5.62. The molecule has 124 valence electrons. The Morgan fingerprint density at radius 2 is 1.82 bits per heavy atom. The number of phenols is 1. The third kappa shape index (κ3) is 3.57. The smallest absolute Gasteiger partial charge is 0.187 e. The molecule has 0 radical (unpaired) electrons. The van der Waals surface area contributed by atoms with E-state index in [1.807, 2.05) is 0 Å². The van der Waals surface area contributed by atoms with Crippen LogP contribution in [0.25, 0.3) is 0 Å². The second-order valence-electron chi connectivity index (χ2n) is 5.28. The van der Waals surface area contributed by atoms with Gasteiger partial charge in [0.15, 0.2) is 6.29 Å². The molecule has 1 aromatic rings. The number of benzene rings is 1. The van der Waals surface area contributed by atoms with Gasteiger partial charge in [-0.2, -0.15) is 0 Å². The average Bonchev–Trinajstić information content (AvgIpc) is 2.51. The largest absolute Gasteiger partial charge is 0.508 e. The van der Waals surface area contributed by atoms with Crippen LogP contribution in [0, 0.1) is 0 Å². The molecule has 22 heavy (non-hydrogen) atoms. The van der Waals surface area contributed by atoms with E-state index < -0.39 is 43.4 Å². The topological polar surface area (TPSA) is 109 Å². The van der Waals surface area contributed by atoms with Gasteiger partial charge in [0, 0.05) is 7.11 Å². The van der Waals surface area contributed by atoms with Crippen LogP contribution >= 0.6 is 0 Å². The molecule has 0 aliphatic carbocycles. The zero-order valence-corrected chi connectivity index (χ0v) is 12.5. The molecule has 7 heteroatoms. The summed E-state index contributed by atoms with van der Waals surface area (Å²) in [6.45, 7) is 1.35. The van der Waals surface area contributed by atoms with E-state index in [-0.39, 0.29) is 5.75 Å². The van der Waals surface area contributed by atoms with Crippen LogP contribution in [0.4, 0.5) is 0 Å². The highest BCUT2D eigenvalue weighted by Crippen LogP contribution is 2.28. The molecular weight excluding hydrogens is 292 g/mol. The Kier molecular flexibility index (Phi) is 5.74. The summed E-state index contributed by atoms with van der Waals surface area (Å²) in [5.74, 6) is 0.146. The highest BCUT2D eigenvalue weighted by Gasteiger charge is 2.45. The van der Waals surface area contributed by atoms with Crippen molar-refractivity contribution in [3.63, 3.8) is 0 Å². The van der Waals surface area contributed by atoms with Gasteiger partial charge in [-0.3, -0.25) is 0 Å². The molecule has 0 bridgehead atoms. The predicted molar refractivity (Wildman–Crippen MR) is 76.2 cm³/mol. The van der Waals surface area contributed by atoms with Gasteiger partial charge in [-0.05, 0) is 24.6 Å². The molecule has 6 atom stereocenters. The average molecular weight is 314 g/mol. The van der Waals surface area contributed by atoms with E-state index in [1.165, 1.54) is 19.2 Å². The molecule has 2 rings (SSSR count). The Hall–Kier alpha value is -1.22. The van der Waals surface area contributed by atoms with Crippen molar-refractivity contribution >= 4 is 0 Å². The number of ether oxygens (including phenoxy) is 3. The summed E-state index contributed by atoms with van der Waals surface area (Å²) in [6, 6.07) is 6.46. The predicted octanol–water partition coefficient (Wildman–Crippen LogP) is -0.0762. The van der Waals surface area contributed by atoms with Gasteiger partial charge in [0.25, 0.3) is 0 Å². The fourth-order valence-electron chi connectivity index (χ4n) is 2.47. The van der Waals surface area contributed by atoms with E-state index in [2.05, 4.69) is 0 Å². The first-order chi connectivity index (χ1) is 10.5. The van der Waals surface area contributed by atoms with Crippen LogP contribution in [0.15, 0.2) is 24.3 Å². The van der Waals surface area contributed by atoms with Crippen LogP contribution in [0.1, 0.15) is 18.6 Å². The molecule has 7 nitrogen and oxygen atoms in total. The summed E-state index contributed by atoms with van der Waals surface area (Å²) in [5.41, 5.74) is 0.786. The Labute approximate surface area is 128 Å². The minimum atomic E-state index is -1.19. The third-order valence-electron chi connectivity index (χ3n) is 3.79. The molecule has 4 N–H and O–H groups in total. The summed E-state index contributed by atoms with van der Waals surface area (Å²) in [4.78, 5) is 0. The van der Waals surface area contributed by atoms with Crippen molar-refractivity contribution in [2.24, 2.45) is 0 Å². The molecule has 1 aliphatic rings. The van der Waals surface area contributed by atoms with Gasteiger partial charge >= 0.3 is 0 Å². The lowest BCUT2D eigenvalue weighted by molar-refractivity contribution is -0.314. The summed E-state index contributed by atoms with van der Waals surface area (Å²) >= 11 is 0. The maximum Gasteiger partial charge on any atom is 0.187 e. The van der Waals surface area contributed by atoms with Crippen molar-refractivity contribution in [3.05, 3.63) is 29.8 Å². The molecule has 1 unspecified atom stereocenters. The van der Waals surface area contributed by atoms with Crippen LogP contribution < -0.4 is 0 Å². The van der Waals surface area contributed by atoms with Crippen LogP contribution in [0.5, 0.6) is 5.75 Å². The molecule has 0 spiro atoms. The van der Waals surface area contributed by atoms with Crippen LogP contribution in [-0.2, 0) is 14.2 Å². The van der Waals surface area contributed by atoms with Gasteiger partial charge in [-0.15, -0.1) is 0 Å². The number of methoxy groups -OCH3 is 1. The lowest BCUT2D eigenvalue weighted by atomic mass is 9.99. The fourth-order valence-corrected chi connectivity index (χ4v) is 2.47. The number of rotatable bonds is 5. The molecule has 1 fully saturated rings. The lowest BCUT2D eigenvalue weighted by Crippen LogP contribution is -2.59. The summed E-state index contributed by atoms with van der Waals surface area (Å²) in [7, 11) is 1.36. The molecular formula is C15H22O7. The van der Waals surface area contributed by atoms with Crippen molar-refractivity contribution in [1.29, 1.82) is 0 Å². The third-order valence-corrected chi connectivity index (χ3v) is 3.79. The van der Waals surface area contributed by atoms with Gasteiger partial charge in [-0.25, -0.2) is 0 Å². The normalized spacial score (nSPS) is 33.6. The molecule has 0 amide bonds. The number of hydrogen-bond acceptors (Lipinski definition) is 7. The molecule has 0 saturated carbocycles. The number of aliphatic hydroxyl groups excluding tert-OH is 3. The van der Waals surface area contributed by atoms with Gasteiger partial charge in [0.2, 0.25) is 0 Å². The maximum absolute atomic E-state index is 10.2. The minimum absolute atomic E-state index is 0.146. The van der Waals surface area contributed by atoms with Crippen molar-refractivity contribution < 1.29 is 34.6 Å². The zero-order chi connectivity index (χ0) is 16.3. The monoisotopic (exact) mass is 314 g/mol. The SMILES string of the molecule is CO[C@@H]1[C@@H](O)[C@H](OC(C)c2ccc(O)cc2)O[C@H](CO)[C@H]1O. The van der Waals surface area contributed by atoms with E-state index in [1.54, 1.807) is 19.1 Å². The first kappa shape index (κ1) is 17.1. The quantitative estimate of drug-likeness (QED) is 0.602. The Morgan fingerprint density at radius 1 is 1.18 bits per heavy atom. The summed E-state index contributed by atoms with van der Waals surface area (Å²) < 4.78 is 16.2. The molecule has 1 heterocycles. The fraction of sp³-hybridized carbons (Fsp3) is 0.600. The molecule has 1 aliphatic heterocycles. The van der Waals surface area contributed by atoms with Gasteiger partial charge in [0.1, 0.15) is 30.2 Å². The second kappa shape index (κ2) is 7.36. The van der Waals surface area contributed by atoms with Crippen molar-refractivity contribution in [3.8, 4) is 5.75 Å². The van der Waals surface area contributed by atoms with E-state index >= 15 is 0 Å². The first-order valence-corrected chi connectivity index (χ1v) is 7.07. The second-order valence-corrected chi connectivity index (χ2v) is 5.28. The van der Waals surface area contributed by atoms with Crippen molar-refractivity contribution in [2.45, 2.75) is 43.7 Å². The Morgan fingerprint density at radius 3 is 2.36 bits per heavy atom. The van der Waals surface area contributed by atoms with Crippen LogP contribution in [0.3, 0.4) is 0 Å². The highest BCUT2D eigenvalue weighted by molar-refractivity contribution is 5.27. The minimum Gasteiger partial charge on any atom is -0.508 e. The molecule has 1 saturated heterocycles. The number of hydrogen-bond donors (Lipinski definition) is 4. The highest BCUT2D eigenvalue weighted by atomic mass is 16.7. The van der Waals surface area contributed by atoms with Crippen LogP contribution in [-0.4, -0.2) is 64.8 Å². The zero-order valence-electron chi connectivity index (χ0n) is 12.5. The number of phenolic OH excluding ortho intramolecular Hbond substituents is 1. The molecule has 0 aromatic heterocycles. The van der Waals surface area contributed by atoms with E-state index in [4.69, 9.17) is 14.2 Å². The van der Waals surface area contributed by atoms with E-state index in [0.717, 1.165) is 5.56 Å². The number of aromatic hydroxyl groups is 1. The van der Waals surface area contributed by atoms with E-state index in [9.17, 15) is 20.4 Å². The first-order valence-electron chi connectivity index (χ1n) is 7.07. The Balaban J connectivity index is 2.08. The van der Waals surface area contributed by atoms with Gasteiger partial charge in [-0.1, -0.05) is 12.1 Å². The lowest BCUT2D eigenvalue weighted by Gasteiger charge is -2.42. The van der Waals surface area contributed by atoms with Crippen molar-refractivity contribution in [2.75, 3.05) is 13.7 Å². The maximum atomic E-state index is 10.2. The van der Waals surface area contributed by atoms with E-state index in [0.29, 0.717) is 0 Å². The summed E-state index contributed by atoms with van der Waals surface area (Å²) in [5, 5.41) is 38.7. The van der Waals surface area contributed by atoms with Gasteiger partial charge < -0.3 is 34.6 Å².